The Morgan fingerprint density at radius 2 is 1.57 bits per heavy atom. The van der Waals surface area contributed by atoms with Crippen molar-refractivity contribution in [1.82, 2.24) is 5.32 Å². The standard InChI is InChI=1S/C12H28N2/c1-10(2)12(5,6)9-14-8-11(3,4)7-13/h10,14H,7-9,13H2,1-6H3. The fourth-order valence-corrected chi connectivity index (χ4v) is 0.999. The van der Waals surface area contributed by atoms with Gasteiger partial charge in [-0.15, -0.1) is 0 Å². The Balaban J connectivity index is 3.85. The van der Waals surface area contributed by atoms with Gasteiger partial charge in [0, 0.05) is 13.1 Å². The van der Waals surface area contributed by atoms with Gasteiger partial charge in [-0.25, -0.2) is 0 Å². The van der Waals surface area contributed by atoms with E-state index in [1.54, 1.807) is 0 Å². The van der Waals surface area contributed by atoms with Gasteiger partial charge in [0.25, 0.3) is 0 Å². The summed E-state index contributed by atoms with van der Waals surface area (Å²) in [5, 5.41) is 3.52. The molecule has 0 bridgehead atoms. The van der Waals surface area contributed by atoms with Crippen molar-refractivity contribution in [1.29, 1.82) is 0 Å². The van der Waals surface area contributed by atoms with Crippen LogP contribution >= 0.6 is 0 Å². The maximum absolute atomic E-state index is 5.68. The van der Waals surface area contributed by atoms with Crippen LogP contribution in [0.3, 0.4) is 0 Å². The third-order valence-electron chi connectivity index (χ3n) is 3.30. The van der Waals surface area contributed by atoms with E-state index in [9.17, 15) is 0 Å². The number of hydrogen-bond acceptors (Lipinski definition) is 2. The first-order chi connectivity index (χ1) is 6.21. The lowest BCUT2D eigenvalue weighted by Gasteiger charge is -2.32. The van der Waals surface area contributed by atoms with Crippen molar-refractivity contribution < 1.29 is 0 Å². The molecule has 2 heteroatoms. The predicted molar refractivity (Wildman–Crippen MR) is 64.3 cm³/mol. The molecule has 3 N–H and O–H groups in total. The Hall–Kier alpha value is -0.0800. The van der Waals surface area contributed by atoms with E-state index in [0.29, 0.717) is 11.3 Å². The van der Waals surface area contributed by atoms with Crippen LogP contribution in [0.1, 0.15) is 41.5 Å². The molecule has 0 spiro atoms. The molecule has 0 aliphatic heterocycles. The van der Waals surface area contributed by atoms with E-state index in [1.807, 2.05) is 0 Å². The monoisotopic (exact) mass is 200 g/mol. The predicted octanol–water partition coefficient (Wildman–Crippen LogP) is 2.24. The van der Waals surface area contributed by atoms with Crippen molar-refractivity contribution in [3.05, 3.63) is 0 Å². The van der Waals surface area contributed by atoms with Gasteiger partial charge in [-0.3, -0.25) is 0 Å². The highest BCUT2D eigenvalue weighted by molar-refractivity contribution is 4.78. The number of rotatable bonds is 6. The lowest BCUT2D eigenvalue weighted by Crippen LogP contribution is -2.41. The van der Waals surface area contributed by atoms with Gasteiger partial charge < -0.3 is 11.1 Å². The zero-order chi connectivity index (χ0) is 11.4. The highest BCUT2D eigenvalue weighted by atomic mass is 14.9. The summed E-state index contributed by atoms with van der Waals surface area (Å²) in [5.74, 6) is 0.705. The molecular weight excluding hydrogens is 172 g/mol. The minimum atomic E-state index is 0.215. The van der Waals surface area contributed by atoms with Crippen LogP contribution in [0.2, 0.25) is 0 Å². The molecule has 0 saturated heterocycles. The van der Waals surface area contributed by atoms with Gasteiger partial charge in [0.05, 0.1) is 0 Å². The average Bonchev–Trinajstić information content (AvgIpc) is 2.03. The summed E-state index contributed by atoms with van der Waals surface area (Å²) < 4.78 is 0. The normalized spacial score (nSPS) is 13.7. The molecule has 0 fully saturated rings. The fourth-order valence-electron chi connectivity index (χ4n) is 0.999. The second-order valence-electron chi connectivity index (χ2n) is 6.12. The Kier molecular flexibility index (Phi) is 5.10. The van der Waals surface area contributed by atoms with Crippen LogP contribution in [0.25, 0.3) is 0 Å². The van der Waals surface area contributed by atoms with Gasteiger partial charge in [0.1, 0.15) is 0 Å². The Morgan fingerprint density at radius 3 is 1.93 bits per heavy atom. The highest BCUT2D eigenvalue weighted by Gasteiger charge is 2.23. The van der Waals surface area contributed by atoms with Gasteiger partial charge in [0.15, 0.2) is 0 Å². The van der Waals surface area contributed by atoms with E-state index in [-0.39, 0.29) is 5.41 Å². The van der Waals surface area contributed by atoms with Crippen LogP contribution in [-0.4, -0.2) is 19.6 Å². The number of nitrogens with one attached hydrogen (secondary N) is 1. The summed E-state index contributed by atoms with van der Waals surface area (Å²) in [6, 6.07) is 0. The molecule has 0 amide bonds. The smallest absolute Gasteiger partial charge is 0.00148 e. The van der Waals surface area contributed by atoms with Gasteiger partial charge in [-0.2, -0.15) is 0 Å². The van der Waals surface area contributed by atoms with Crippen molar-refractivity contribution in [2.75, 3.05) is 19.6 Å². The average molecular weight is 200 g/mol. The topological polar surface area (TPSA) is 38.0 Å². The molecule has 0 aromatic heterocycles. The van der Waals surface area contributed by atoms with E-state index in [4.69, 9.17) is 5.73 Å². The molecule has 0 rings (SSSR count). The molecule has 0 saturated carbocycles. The second kappa shape index (κ2) is 5.13. The minimum absolute atomic E-state index is 0.215. The van der Waals surface area contributed by atoms with E-state index in [2.05, 4.69) is 46.9 Å². The van der Waals surface area contributed by atoms with Crippen LogP contribution in [0.5, 0.6) is 0 Å². The SMILES string of the molecule is CC(C)C(C)(C)CNCC(C)(C)CN. The summed E-state index contributed by atoms with van der Waals surface area (Å²) in [4.78, 5) is 0. The summed E-state index contributed by atoms with van der Waals surface area (Å²) in [6.45, 7) is 16.4. The summed E-state index contributed by atoms with van der Waals surface area (Å²) in [5.41, 5.74) is 6.26. The molecule has 0 unspecified atom stereocenters. The number of nitrogens with two attached hydrogens (primary N) is 1. The fraction of sp³-hybridized carbons (Fsp3) is 1.00. The maximum Gasteiger partial charge on any atom is 0.00148 e. The van der Waals surface area contributed by atoms with E-state index in [1.165, 1.54) is 0 Å². The van der Waals surface area contributed by atoms with E-state index < -0.39 is 0 Å². The molecule has 0 radical (unpaired) electrons. The molecule has 0 heterocycles. The number of hydrogen-bond donors (Lipinski definition) is 2. The lowest BCUT2D eigenvalue weighted by atomic mass is 9.81. The molecule has 0 aliphatic carbocycles. The lowest BCUT2D eigenvalue weighted by molar-refractivity contribution is 0.223. The Bertz CT molecular complexity index is 160. The molecule has 2 nitrogen and oxygen atoms in total. The minimum Gasteiger partial charge on any atom is -0.330 e. The van der Waals surface area contributed by atoms with Crippen LogP contribution in [0, 0.1) is 16.7 Å². The van der Waals surface area contributed by atoms with Crippen molar-refractivity contribution >= 4 is 0 Å². The van der Waals surface area contributed by atoms with E-state index in [0.717, 1.165) is 19.6 Å². The van der Waals surface area contributed by atoms with Crippen LogP contribution in [0.15, 0.2) is 0 Å². The van der Waals surface area contributed by atoms with Gasteiger partial charge >= 0.3 is 0 Å². The van der Waals surface area contributed by atoms with Crippen molar-refractivity contribution in [3.8, 4) is 0 Å². The largest absolute Gasteiger partial charge is 0.330 e. The first-order valence-electron chi connectivity index (χ1n) is 5.62. The van der Waals surface area contributed by atoms with Gasteiger partial charge in [-0.05, 0) is 23.3 Å². The summed E-state index contributed by atoms with van der Waals surface area (Å²) >= 11 is 0. The quantitative estimate of drug-likeness (QED) is 0.690. The Labute approximate surface area is 89.6 Å². The van der Waals surface area contributed by atoms with Crippen LogP contribution in [-0.2, 0) is 0 Å². The van der Waals surface area contributed by atoms with Crippen molar-refractivity contribution in [3.63, 3.8) is 0 Å². The summed E-state index contributed by atoms with van der Waals surface area (Å²) in [6.07, 6.45) is 0. The molecular formula is C12H28N2. The zero-order valence-electron chi connectivity index (χ0n) is 10.8. The van der Waals surface area contributed by atoms with Crippen molar-refractivity contribution in [2.45, 2.75) is 41.5 Å². The van der Waals surface area contributed by atoms with E-state index >= 15 is 0 Å². The third kappa shape index (κ3) is 4.97. The van der Waals surface area contributed by atoms with Crippen LogP contribution in [0.4, 0.5) is 0 Å². The van der Waals surface area contributed by atoms with Gasteiger partial charge in [-0.1, -0.05) is 41.5 Å². The third-order valence-corrected chi connectivity index (χ3v) is 3.30. The Morgan fingerprint density at radius 1 is 1.07 bits per heavy atom. The van der Waals surface area contributed by atoms with Crippen molar-refractivity contribution in [2.24, 2.45) is 22.5 Å². The summed E-state index contributed by atoms with van der Waals surface area (Å²) in [7, 11) is 0. The first-order valence-corrected chi connectivity index (χ1v) is 5.62. The molecule has 0 atom stereocenters. The highest BCUT2D eigenvalue weighted by Crippen LogP contribution is 2.25. The molecule has 14 heavy (non-hydrogen) atoms. The molecule has 0 aliphatic rings. The molecule has 0 aromatic rings. The second-order valence-corrected chi connectivity index (χ2v) is 6.12. The van der Waals surface area contributed by atoms with Gasteiger partial charge in [0.2, 0.25) is 0 Å². The first kappa shape index (κ1) is 13.9. The molecule has 0 aromatic carbocycles. The maximum atomic E-state index is 5.68. The van der Waals surface area contributed by atoms with Crippen LogP contribution < -0.4 is 11.1 Å². The zero-order valence-corrected chi connectivity index (χ0v) is 10.8. The molecule has 86 valence electrons.